The Hall–Kier alpha value is -3.33. The van der Waals surface area contributed by atoms with E-state index in [0.717, 1.165) is 32.5 Å². The number of fused-ring (bicyclic) bond motifs is 1. The second kappa shape index (κ2) is 13.8. The molecule has 0 aliphatic carbocycles. The lowest BCUT2D eigenvalue weighted by Crippen LogP contribution is -2.39. The maximum Gasteiger partial charge on any atom is 0.303 e. The fraction of sp³-hybridized carbons (Fsp3) is 0.500. The van der Waals surface area contributed by atoms with Gasteiger partial charge in [-0.2, -0.15) is 0 Å². The van der Waals surface area contributed by atoms with E-state index in [9.17, 15) is 18.8 Å². The van der Waals surface area contributed by atoms with Gasteiger partial charge in [-0.25, -0.2) is 4.39 Å². The highest BCUT2D eigenvalue weighted by molar-refractivity contribution is 6.06. The van der Waals surface area contributed by atoms with E-state index in [1.54, 1.807) is 34.2 Å². The summed E-state index contributed by atoms with van der Waals surface area (Å²) in [6, 6.07) is 7.73. The van der Waals surface area contributed by atoms with Crippen LogP contribution in [0.2, 0.25) is 0 Å². The lowest BCUT2D eigenvalue weighted by atomic mass is 10.1. The number of carbonyl (C=O) groups is 3. The molecule has 0 unspecified atom stereocenters. The van der Waals surface area contributed by atoms with Crippen LogP contribution >= 0.6 is 0 Å². The summed E-state index contributed by atoms with van der Waals surface area (Å²) in [6.45, 7) is 7.86. The topological polar surface area (TPSA) is 94.0 Å². The third-order valence-corrected chi connectivity index (χ3v) is 6.36. The molecule has 2 aromatic rings. The molecule has 9 heteroatoms. The van der Waals surface area contributed by atoms with Gasteiger partial charge in [0.05, 0.1) is 5.56 Å². The fourth-order valence-corrected chi connectivity index (χ4v) is 4.72. The first-order valence-electron chi connectivity index (χ1n) is 13.0. The number of amides is 2. The number of aromatic nitrogens is 1. The van der Waals surface area contributed by atoms with Gasteiger partial charge in [-0.15, -0.1) is 0 Å². The van der Waals surface area contributed by atoms with Crippen molar-refractivity contribution in [1.82, 2.24) is 14.8 Å². The van der Waals surface area contributed by atoms with Gasteiger partial charge in [0.25, 0.3) is 5.91 Å². The van der Waals surface area contributed by atoms with Crippen molar-refractivity contribution in [2.24, 2.45) is 5.92 Å². The van der Waals surface area contributed by atoms with Gasteiger partial charge in [0.15, 0.2) is 0 Å². The molecule has 3 rings (SSSR count). The average Bonchev–Trinajstić information content (AvgIpc) is 2.85. The normalized spacial score (nSPS) is 15.6. The van der Waals surface area contributed by atoms with Gasteiger partial charge in [-0.1, -0.05) is 13.8 Å². The Bertz CT molecular complexity index is 1060. The van der Waals surface area contributed by atoms with E-state index in [0.29, 0.717) is 35.8 Å². The predicted molar refractivity (Wildman–Crippen MR) is 140 cm³/mol. The Kier molecular flexibility index (Phi) is 10.6. The average molecular weight is 513 g/mol. The van der Waals surface area contributed by atoms with E-state index >= 15 is 0 Å². The first-order valence-corrected chi connectivity index (χ1v) is 13.0. The highest BCUT2D eigenvalue weighted by atomic mass is 19.1. The molecule has 37 heavy (non-hydrogen) atoms. The minimum Gasteiger partial charge on any atom is -0.481 e. The van der Waals surface area contributed by atoms with E-state index in [2.05, 4.69) is 23.7 Å². The molecule has 0 saturated heterocycles. The van der Waals surface area contributed by atoms with Crippen LogP contribution in [-0.4, -0.2) is 70.4 Å². The lowest BCUT2D eigenvalue weighted by Gasteiger charge is -2.32. The third kappa shape index (κ3) is 8.63. The number of hydrogen-bond donors (Lipinski definition) is 1. The zero-order valence-corrected chi connectivity index (χ0v) is 21.7. The number of carboxylic acids is 1. The van der Waals surface area contributed by atoms with Crippen LogP contribution < -0.4 is 4.90 Å². The maximum atomic E-state index is 14.4. The molecule has 200 valence electrons. The van der Waals surface area contributed by atoms with Crippen LogP contribution in [0.4, 0.5) is 10.1 Å². The van der Waals surface area contributed by atoms with Crippen molar-refractivity contribution in [2.75, 3.05) is 37.6 Å². The summed E-state index contributed by atoms with van der Waals surface area (Å²) >= 11 is 0. The summed E-state index contributed by atoms with van der Waals surface area (Å²) in [5.74, 6) is -1.32. The van der Waals surface area contributed by atoms with Gasteiger partial charge < -0.3 is 19.8 Å². The first kappa shape index (κ1) is 28.2. The first-order chi connectivity index (χ1) is 17.7. The van der Waals surface area contributed by atoms with Crippen LogP contribution in [0, 0.1) is 11.7 Å². The van der Waals surface area contributed by atoms with Crippen LogP contribution in [0.5, 0.6) is 0 Å². The molecular formula is C28H37FN4O4. The molecule has 8 nitrogen and oxygen atoms in total. The number of benzene rings is 1. The van der Waals surface area contributed by atoms with E-state index < -0.39 is 11.8 Å². The van der Waals surface area contributed by atoms with Crippen molar-refractivity contribution >= 4 is 23.5 Å². The number of carbonyl (C=O) groups excluding carboxylic acids is 2. The molecule has 1 aliphatic heterocycles. The summed E-state index contributed by atoms with van der Waals surface area (Å²) in [5.41, 5.74) is 1.54. The van der Waals surface area contributed by atoms with Crippen LogP contribution in [0.25, 0.3) is 0 Å². The summed E-state index contributed by atoms with van der Waals surface area (Å²) < 4.78 is 14.4. The van der Waals surface area contributed by atoms with Crippen LogP contribution in [-0.2, 0) is 16.1 Å². The highest BCUT2D eigenvalue weighted by Crippen LogP contribution is 2.27. The second-order valence-electron chi connectivity index (χ2n) is 9.94. The SMILES string of the molecule is CC(C)CN1CCCN(C(=O)CCCC(=O)O)Cc2cc(F)ccc2N(C(=O)c2cccnc2)CCC1. The van der Waals surface area contributed by atoms with Crippen molar-refractivity contribution < 1.29 is 23.9 Å². The van der Waals surface area contributed by atoms with Gasteiger partial charge in [0.2, 0.25) is 5.91 Å². The van der Waals surface area contributed by atoms with Gasteiger partial charge in [0, 0.05) is 57.1 Å². The van der Waals surface area contributed by atoms with E-state index in [4.69, 9.17) is 5.11 Å². The molecule has 1 N–H and O–H groups in total. The van der Waals surface area contributed by atoms with E-state index in [1.807, 2.05) is 0 Å². The number of nitrogens with zero attached hydrogens (tertiary/aromatic N) is 4. The van der Waals surface area contributed by atoms with Crippen molar-refractivity contribution in [3.8, 4) is 0 Å². The largest absolute Gasteiger partial charge is 0.481 e. The third-order valence-electron chi connectivity index (χ3n) is 6.36. The molecule has 0 radical (unpaired) electrons. The maximum absolute atomic E-state index is 14.4. The lowest BCUT2D eigenvalue weighted by molar-refractivity contribution is -0.137. The molecule has 0 spiro atoms. The Morgan fingerprint density at radius 2 is 1.81 bits per heavy atom. The number of pyridine rings is 1. The van der Waals surface area contributed by atoms with Gasteiger partial charge in [0.1, 0.15) is 5.82 Å². The Balaban J connectivity index is 1.96. The molecule has 2 heterocycles. The smallest absolute Gasteiger partial charge is 0.303 e. The quantitative estimate of drug-likeness (QED) is 0.598. The highest BCUT2D eigenvalue weighted by Gasteiger charge is 2.24. The van der Waals surface area contributed by atoms with Crippen molar-refractivity contribution in [3.05, 3.63) is 59.7 Å². The zero-order valence-electron chi connectivity index (χ0n) is 21.7. The number of anilines is 1. The Morgan fingerprint density at radius 1 is 1.05 bits per heavy atom. The van der Waals surface area contributed by atoms with Crippen LogP contribution in [0.3, 0.4) is 0 Å². The summed E-state index contributed by atoms with van der Waals surface area (Å²) in [7, 11) is 0. The van der Waals surface area contributed by atoms with Crippen molar-refractivity contribution in [2.45, 2.75) is 52.5 Å². The number of carboxylic acid groups (broad SMARTS) is 1. The predicted octanol–water partition coefficient (Wildman–Crippen LogP) is 4.20. The van der Waals surface area contributed by atoms with Crippen molar-refractivity contribution in [1.29, 1.82) is 0 Å². The Morgan fingerprint density at radius 3 is 2.49 bits per heavy atom. The molecule has 0 saturated carbocycles. The summed E-state index contributed by atoms with van der Waals surface area (Å²) in [6.07, 6.45) is 4.88. The monoisotopic (exact) mass is 512 g/mol. The number of hydrogen-bond acceptors (Lipinski definition) is 5. The standard InChI is InChI=1S/C28H37FN4O4/c1-21(2)19-31-13-5-15-32(26(34)8-3-9-27(35)36)20-23-17-24(29)10-11-25(23)33(16-6-14-31)28(37)22-7-4-12-30-18-22/h4,7,10-12,17-18,21H,3,5-6,8-9,13-16,19-20H2,1-2H3,(H,35,36). The molecule has 1 aliphatic rings. The molecule has 0 fully saturated rings. The molecule has 0 atom stereocenters. The minimum absolute atomic E-state index is 0.0830. The minimum atomic E-state index is -0.942. The van der Waals surface area contributed by atoms with Gasteiger partial charge in [-0.05, 0) is 74.2 Å². The van der Waals surface area contributed by atoms with Crippen molar-refractivity contribution in [3.63, 3.8) is 0 Å². The van der Waals surface area contributed by atoms with E-state index in [-0.39, 0.29) is 37.6 Å². The summed E-state index contributed by atoms with van der Waals surface area (Å²) in [5, 5.41) is 8.97. The van der Waals surface area contributed by atoms with E-state index in [1.165, 1.54) is 18.3 Å². The molecule has 2 amide bonds. The number of halogens is 1. The molecule has 1 aromatic carbocycles. The molecular weight excluding hydrogens is 475 g/mol. The van der Waals surface area contributed by atoms with Gasteiger partial charge >= 0.3 is 5.97 Å². The fourth-order valence-electron chi connectivity index (χ4n) is 4.72. The van der Waals surface area contributed by atoms with Gasteiger partial charge in [-0.3, -0.25) is 19.4 Å². The Labute approximate surface area is 218 Å². The van der Waals surface area contributed by atoms with Crippen LogP contribution in [0.1, 0.15) is 61.9 Å². The zero-order chi connectivity index (χ0) is 26.8. The molecule has 1 aromatic heterocycles. The summed E-state index contributed by atoms with van der Waals surface area (Å²) in [4.78, 5) is 47.4. The van der Waals surface area contributed by atoms with Crippen LogP contribution in [0.15, 0.2) is 42.7 Å². The second-order valence-corrected chi connectivity index (χ2v) is 9.94. The number of rotatable bonds is 7. The molecule has 0 bridgehead atoms. The number of aliphatic carboxylic acids is 1.